The van der Waals surface area contributed by atoms with Gasteiger partial charge >= 0.3 is 0 Å². The van der Waals surface area contributed by atoms with E-state index in [1.165, 1.54) is 6.07 Å². The molecular weight excluding hydrogens is 154 g/mol. The topological polar surface area (TPSA) is 57.2 Å². The number of benzene rings is 1. The molecule has 0 radical (unpaired) electrons. The number of nitrogens with zero attached hydrogens (tertiary/aromatic N) is 1. The zero-order valence-electron chi connectivity index (χ0n) is 6.11. The van der Waals surface area contributed by atoms with E-state index >= 15 is 0 Å². The lowest BCUT2D eigenvalue weighted by Gasteiger charge is -1.89. The maximum atomic E-state index is 9.31. The van der Waals surface area contributed by atoms with Gasteiger partial charge in [0.25, 0.3) is 0 Å². The molecule has 12 heavy (non-hydrogen) atoms. The lowest BCUT2D eigenvalue weighted by Crippen LogP contribution is -1.63. The van der Waals surface area contributed by atoms with Gasteiger partial charge in [0.2, 0.25) is 5.76 Å². The van der Waals surface area contributed by atoms with E-state index in [4.69, 9.17) is 9.68 Å². The van der Waals surface area contributed by atoms with Crippen LogP contribution in [0.4, 0.5) is 0 Å². The molecule has 0 saturated carbocycles. The van der Waals surface area contributed by atoms with Crippen molar-refractivity contribution in [2.75, 3.05) is 0 Å². The van der Waals surface area contributed by atoms with Gasteiger partial charge in [-0.2, -0.15) is 5.26 Å². The molecule has 0 unspecified atom stereocenters. The Morgan fingerprint density at radius 3 is 2.92 bits per heavy atom. The molecule has 2 rings (SSSR count). The fourth-order valence-corrected chi connectivity index (χ4v) is 1.10. The molecule has 0 aliphatic rings. The highest BCUT2D eigenvalue weighted by atomic mass is 16.3. The summed E-state index contributed by atoms with van der Waals surface area (Å²) < 4.78 is 5.08. The Bertz CT molecular complexity index is 465. The molecule has 3 heteroatoms. The zero-order chi connectivity index (χ0) is 8.55. The van der Waals surface area contributed by atoms with Crippen molar-refractivity contribution in [3.8, 4) is 11.8 Å². The van der Waals surface area contributed by atoms with Crippen molar-refractivity contribution in [1.82, 2.24) is 0 Å². The molecule has 0 bridgehead atoms. The van der Waals surface area contributed by atoms with E-state index < -0.39 is 0 Å². The first-order chi connectivity index (χ1) is 5.81. The lowest BCUT2D eigenvalue weighted by molar-refractivity contribution is 0.481. The van der Waals surface area contributed by atoms with Crippen LogP contribution >= 0.6 is 0 Å². The van der Waals surface area contributed by atoms with E-state index in [9.17, 15) is 5.11 Å². The Kier molecular flexibility index (Phi) is 1.28. The van der Waals surface area contributed by atoms with Crippen molar-refractivity contribution in [1.29, 1.82) is 5.26 Å². The van der Waals surface area contributed by atoms with Gasteiger partial charge in [-0.1, -0.05) is 6.07 Å². The highest BCUT2D eigenvalue weighted by Crippen LogP contribution is 2.26. The highest BCUT2D eigenvalue weighted by Gasteiger charge is 2.05. The Morgan fingerprint density at radius 1 is 1.42 bits per heavy atom. The summed E-state index contributed by atoms with van der Waals surface area (Å²) >= 11 is 0. The van der Waals surface area contributed by atoms with Gasteiger partial charge in [0.1, 0.15) is 17.4 Å². The monoisotopic (exact) mass is 159 g/mol. The smallest absolute Gasteiger partial charge is 0.204 e. The lowest BCUT2D eigenvalue weighted by atomic mass is 10.2. The van der Waals surface area contributed by atoms with Crippen molar-refractivity contribution in [2.24, 2.45) is 0 Å². The number of fused-ring (bicyclic) bond motifs is 1. The second kappa shape index (κ2) is 2.28. The van der Waals surface area contributed by atoms with E-state index in [0.29, 0.717) is 11.0 Å². The molecule has 1 aromatic heterocycles. The van der Waals surface area contributed by atoms with Crippen LogP contribution in [0, 0.1) is 11.3 Å². The molecule has 0 fully saturated rings. The maximum absolute atomic E-state index is 9.31. The average Bonchev–Trinajstić information content (AvgIpc) is 2.49. The van der Waals surface area contributed by atoms with Gasteiger partial charge in [0.15, 0.2) is 0 Å². The summed E-state index contributed by atoms with van der Waals surface area (Å²) in [5.74, 6) is 0.351. The van der Waals surface area contributed by atoms with Gasteiger partial charge in [-0.25, -0.2) is 0 Å². The van der Waals surface area contributed by atoms with Crippen LogP contribution in [0.5, 0.6) is 5.75 Å². The van der Waals surface area contributed by atoms with Gasteiger partial charge in [-0.15, -0.1) is 0 Å². The van der Waals surface area contributed by atoms with E-state index in [2.05, 4.69) is 0 Å². The molecule has 3 nitrogen and oxygen atoms in total. The Hall–Kier alpha value is -1.95. The van der Waals surface area contributed by atoms with Gasteiger partial charge in [-0.3, -0.25) is 0 Å². The molecule has 58 valence electrons. The fourth-order valence-electron chi connectivity index (χ4n) is 1.10. The minimum absolute atomic E-state index is 0.137. The normalized spacial score (nSPS) is 9.92. The van der Waals surface area contributed by atoms with Gasteiger partial charge in [0, 0.05) is 6.07 Å². The van der Waals surface area contributed by atoms with Crippen LogP contribution in [-0.2, 0) is 0 Å². The van der Waals surface area contributed by atoms with Crippen LogP contribution in [-0.4, -0.2) is 5.11 Å². The number of phenols is 1. The summed E-state index contributed by atoms with van der Waals surface area (Å²) in [5, 5.41) is 18.4. The first kappa shape index (κ1) is 6.74. The number of nitriles is 1. The molecule has 1 aromatic carbocycles. The fraction of sp³-hybridized carbons (Fsp3) is 0. The van der Waals surface area contributed by atoms with Gasteiger partial charge in [-0.05, 0) is 12.1 Å². The van der Waals surface area contributed by atoms with Crippen LogP contribution in [0.1, 0.15) is 5.76 Å². The second-order valence-corrected chi connectivity index (χ2v) is 2.41. The molecule has 2 aromatic rings. The molecule has 0 atom stereocenters. The van der Waals surface area contributed by atoms with Crippen LogP contribution < -0.4 is 0 Å². The first-order valence-electron chi connectivity index (χ1n) is 3.43. The zero-order valence-corrected chi connectivity index (χ0v) is 6.11. The summed E-state index contributed by atoms with van der Waals surface area (Å²) in [6, 6.07) is 8.31. The van der Waals surface area contributed by atoms with Crippen LogP contribution in [0.2, 0.25) is 0 Å². The highest BCUT2D eigenvalue weighted by molar-refractivity contribution is 5.84. The molecule has 0 amide bonds. The molecule has 0 aliphatic carbocycles. The summed E-state index contributed by atoms with van der Waals surface area (Å²) in [5.41, 5.74) is 0.534. The Morgan fingerprint density at radius 2 is 2.25 bits per heavy atom. The van der Waals surface area contributed by atoms with Crippen molar-refractivity contribution >= 4 is 11.0 Å². The van der Waals surface area contributed by atoms with Crippen molar-refractivity contribution in [3.63, 3.8) is 0 Å². The third-order valence-corrected chi connectivity index (χ3v) is 1.65. The molecule has 1 N–H and O–H groups in total. The predicted octanol–water partition coefficient (Wildman–Crippen LogP) is 2.01. The third kappa shape index (κ3) is 0.823. The summed E-state index contributed by atoms with van der Waals surface area (Å²) in [6.45, 7) is 0. The molecule has 1 heterocycles. The quantitative estimate of drug-likeness (QED) is 0.639. The number of rotatable bonds is 0. The van der Waals surface area contributed by atoms with Crippen LogP contribution in [0.15, 0.2) is 28.7 Å². The number of phenolic OH excluding ortho intramolecular Hbond substituents is 1. The summed E-state index contributed by atoms with van der Waals surface area (Å²) in [4.78, 5) is 0. The van der Waals surface area contributed by atoms with Crippen molar-refractivity contribution in [3.05, 3.63) is 30.0 Å². The summed E-state index contributed by atoms with van der Waals surface area (Å²) in [7, 11) is 0. The standard InChI is InChI=1S/C9H5NO2/c10-5-6-4-7-8(11)2-1-3-9(7)12-6/h1-4,11H. The molecule has 0 spiro atoms. The second-order valence-electron chi connectivity index (χ2n) is 2.41. The SMILES string of the molecule is N#Cc1cc2c(O)cccc2o1. The van der Waals surface area contributed by atoms with Crippen molar-refractivity contribution in [2.45, 2.75) is 0 Å². The first-order valence-corrected chi connectivity index (χ1v) is 3.43. The predicted molar refractivity (Wildman–Crippen MR) is 42.6 cm³/mol. The van der Waals surface area contributed by atoms with E-state index in [-0.39, 0.29) is 11.5 Å². The molecular formula is C9H5NO2. The number of hydrogen-bond acceptors (Lipinski definition) is 3. The Labute approximate surface area is 68.5 Å². The minimum Gasteiger partial charge on any atom is -0.507 e. The van der Waals surface area contributed by atoms with Crippen LogP contribution in [0.25, 0.3) is 11.0 Å². The average molecular weight is 159 g/mol. The summed E-state index contributed by atoms with van der Waals surface area (Å²) in [6.07, 6.45) is 0. The third-order valence-electron chi connectivity index (χ3n) is 1.65. The Balaban J connectivity index is 2.85. The van der Waals surface area contributed by atoms with E-state index in [1.807, 2.05) is 6.07 Å². The minimum atomic E-state index is 0.137. The van der Waals surface area contributed by atoms with Crippen molar-refractivity contribution < 1.29 is 9.52 Å². The van der Waals surface area contributed by atoms with E-state index in [1.54, 1.807) is 18.2 Å². The molecule has 0 aliphatic heterocycles. The number of hydrogen-bond donors (Lipinski definition) is 1. The number of furan rings is 1. The largest absolute Gasteiger partial charge is 0.507 e. The van der Waals surface area contributed by atoms with Gasteiger partial charge in [0.05, 0.1) is 5.39 Å². The molecule has 0 saturated heterocycles. The van der Waals surface area contributed by atoms with E-state index in [0.717, 1.165) is 0 Å². The van der Waals surface area contributed by atoms with Crippen LogP contribution in [0.3, 0.4) is 0 Å². The maximum Gasteiger partial charge on any atom is 0.204 e. The number of aromatic hydroxyl groups is 1. The van der Waals surface area contributed by atoms with Gasteiger partial charge < -0.3 is 9.52 Å².